The highest BCUT2D eigenvalue weighted by atomic mass is 127. The lowest BCUT2D eigenvalue weighted by molar-refractivity contribution is -0.337. The largest absolute Gasteiger partial charge is 0.508 e. The van der Waals surface area contributed by atoms with Crippen LogP contribution in [-0.2, 0) is 0 Å². The maximum Gasteiger partial charge on any atom is 0.318 e. The Morgan fingerprint density at radius 2 is 1.89 bits per heavy atom. The van der Waals surface area contributed by atoms with Crippen molar-refractivity contribution in [1.82, 2.24) is 15.3 Å². The van der Waals surface area contributed by atoms with Crippen molar-refractivity contribution in [3.8, 4) is 11.5 Å². The molecule has 1 aromatic heterocycles. The maximum atomic E-state index is 9.44. The molecule has 28 heavy (non-hydrogen) atoms. The zero-order valence-corrected chi connectivity index (χ0v) is 18.3. The van der Waals surface area contributed by atoms with Crippen molar-refractivity contribution in [2.75, 3.05) is 37.7 Å². The summed E-state index contributed by atoms with van der Waals surface area (Å²) in [7, 11) is 0. The van der Waals surface area contributed by atoms with Crippen LogP contribution < -0.4 is 37.7 Å². The van der Waals surface area contributed by atoms with Crippen LogP contribution in [0, 0.1) is 3.70 Å². The SMILES string of the molecule is Oc1ccc(N2CCN(C(=S)N/N=C3/CCOc4ccc([IH+])nc43)CC2)cc1. The van der Waals surface area contributed by atoms with Crippen LogP contribution in [0.3, 0.4) is 0 Å². The molecule has 1 saturated heterocycles. The van der Waals surface area contributed by atoms with Crippen molar-refractivity contribution in [2.24, 2.45) is 5.10 Å². The summed E-state index contributed by atoms with van der Waals surface area (Å²) in [5, 5.41) is 14.6. The third kappa shape index (κ3) is 4.30. The first-order valence-corrected chi connectivity index (χ1v) is 10.6. The van der Waals surface area contributed by atoms with Gasteiger partial charge in [0.25, 0.3) is 3.70 Å². The number of hydrogen-bond donors (Lipinski definition) is 2. The van der Waals surface area contributed by atoms with E-state index >= 15 is 0 Å². The highest BCUT2D eigenvalue weighted by Crippen LogP contribution is 2.22. The van der Waals surface area contributed by atoms with Crippen molar-refractivity contribution in [3.63, 3.8) is 0 Å². The number of piperazine rings is 1. The van der Waals surface area contributed by atoms with E-state index in [9.17, 15) is 5.11 Å². The van der Waals surface area contributed by atoms with Crippen LogP contribution in [0.15, 0.2) is 41.5 Å². The van der Waals surface area contributed by atoms with Gasteiger partial charge in [0.1, 0.15) is 17.2 Å². The highest BCUT2D eigenvalue weighted by Gasteiger charge is 2.22. The molecular weight excluding hydrogens is 489 g/mol. The number of aromatic nitrogens is 1. The number of nitrogens with zero attached hydrogens (tertiary/aromatic N) is 4. The number of rotatable bonds is 2. The first kappa shape index (κ1) is 19.2. The smallest absolute Gasteiger partial charge is 0.318 e. The Labute approximate surface area is 182 Å². The van der Waals surface area contributed by atoms with E-state index in [0.29, 0.717) is 18.1 Å². The Balaban J connectivity index is 1.36. The van der Waals surface area contributed by atoms with E-state index in [0.717, 1.165) is 52.7 Å². The molecule has 0 radical (unpaired) electrons. The molecule has 0 atom stereocenters. The Bertz CT molecular complexity index is 898. The van der Waals surface area contributed by atoms with E-state index in [2.05, 4.69) is 25.3 Å². The fourth-order valence-corrected chi connectivity index (χ4v) is 3.94. The molecule has 2 aromatic rings. The van der Waals surface area contributed by atoms with E-state index in [1.807, 2.05) is 46.9 Å². The molecule has 0 aliphatic carbocycles. The zero-order valence-electron chi connectivity index (χ0n) is 15.2. The average molecular weight is 510 g/mol. The number of phenolic OH excluding ortho intramolecular Hbond substituents is 1. The molecule has 0 amide bonds. The minimum absolute atomic E-state index is 0.284. The molecule has 1 aromatic carbocycles. The molecule has 1 fully saturated rings. The number of hydrogen-bond acceptors (Lipinski definition) is 6. The van der Waals surface area contributed by atoms with Gasteiger partial charge in [0.2, 0.25) is 0 Å². The molecule has 146 valence electrons. The number of benzene rings is 1. The third-order valence-corrected chi connectivity index (χ3v) is 5.77. The van der Waals surface area contributed by atoms with Gasteiger partial charge in [0, 0.05) is 44.4 Å². The second-order valence-electron chi connectivity index (χ2n) is 6.56. The number of aromatic hydroxyl groups is 1. The Hall–Kier alpha value is -2.14. The first-order valence-electron chi connectivity index (χ1n) is 9.07. The summed E-state index contributed by atoms with van der Waals surface area (Å²) in [6.07, 6.45) is 0.703. The van der Waals surface area contributed by atoms with Gasteiger partial charge in [-0.1, -0.05) is 0 Å². The second kappa shape index (κ2) is 8.48. The van der Waals surface area contributed by atoms with Crippen LogP contribution in [0.4, 0.5) is 5.69 Å². The summed E-state index contributed by atoms with van der Waals surface area (Å²) < 4.78 is 6.60. The number of thiocarbonyl (C=S) groups is 1. The first-order chi connectivity index (χ1) is 13.6. The van der Waals surface area contributed by atoms with Crippen LogP contribution in [0.5, 0.6) is 11.5 Å². The van der Waals surface area contributed by atoms with Gasteiger partial charge in [-0.2, -0.15) is 10.1 Å². The molecule has 0 saturated carbocycles. The number of nitrogens with one attached hydrogen (secondary N) is 1. The van der Waals surface area contributed by atoms with E-state index in [1.54, 1.807) is 12.1 Å². The summed E-state index contributed by atoms with van der Waals surface area (Å²) in [4.78, 5) is 8.97. The third-order valence-electron chi connectivity index (χ3n) is 4.77. The molecule has 2 aliphatic heterocycles. The molecular formula is C19H21IN5O2S+. The lowest BCUT2D eigenvalue weighted by Gasteiger charge is -2.37. The Morgan fingerprint density at radius 1 is 1.14 bits per heavy atom. The van der Waals surface area contributed by atoms with Crippen LogP contribution in [-0.4, -0.2) is 58.6 Å². The summed E-state index contributed by atoms with van der Waals surface area (Å²) in [5.41, 5.74) is 5.82. The maximum absolute atomic E-state index is 9.44. The van der Waals surface area contributed by atoms with E-state index < -0.39 is 0 Å². The summed E-state index contributed by atoms with van der Waals surface area (Å²) in [6.45, 7) is 3.95. The highest BCUT2D eigenvalue weighted by molar-refractivity contribution is 7.80. The summed E-state index contributed by atoms with van der Waals surface area (Å²) in [6, 6.07) is 11.2. The monoisotopic (exact) mass is 510 g/mol. The minimum atomic E-state index is 0.284. The zero-order chi connectivity index (χ0) is 19.5. The van der Waals surface area contributed by atoms with Crippen molar-refractivity contribution >= 4 is 28.7 Å². The average Bonchev–Trinajstić information content (AvgIpc) is 2.72. The normalized spacial score (nSPS) is 17.8. The molecule has 7 nitrogen and oxygen atoms in total. The van der Waals surface area contributed by atoms with Crippen LogP contribution in [0.2, 0.25) is 0 Å². The standard InChI is InChI=1S/C19H20IN5O2S/c20-17-6-5-16-18(21-17)15(7-12-27-16)22-23-19(28)25-10-8-24(9-11-25)13-1-3-14(26)4-2-13/h1-6,20H,7-12H2,(H-,21,23,26,28)/p+1. The molecule has 0 bridgehead atoms. The number of hydrazone groups is 1. The molecule has 2 N–H and O–H groups in total. The molecule has 2 aliphatic rings. The van der Waals surface area contributed by atoms with E-state index in [1.165, 1.54) is 0 Å². The number of pyridine rings is 1. The van der Waals surface area contributed by atoms with Gasteiger partial charge < -0.3 is 19.6 Å². The summed E-state index contributed by atoms with van der Waals surface area (Å²) >= 11 is 7.42. The van der Waals surface area contributed by atoms with Crippen LogP contribution in [0.1, 0.15) is 12.1 Å². The Morgan fingerprint density at radius 3 is 2.64 bits per heavy atom. The number of fused-ring (bicyclic) bond motifs is 1. The Kier molecular flexibility index (Phi) is 5.81. The van der Waals surface area contributed by atoms with Gasteiger partial charge in [0.05, 0.1) is 12.3 Å². The van der Waals surface area contributed by atoms with Crippen molar-refractivity contribution < 1.29 is 32.4 Å². The molecule has 9 heteroatoms. The van der Waals surface area contributed by atoms with Gasteiger partial charge in [-0.05, 0) is 42.5 Å². The quantitative estimate of drug-likeness (QED) is 0.219. The second-order valence-corrected chi connectivity index (χ2v) is 8.14. The topological polar surface area (TPSA) is 73.2 Å². The van der Waals surface area contributed by atoms with Crippen LogP contribution >= 0.6 is 12.2 Å². The molecule has 3 heterocycles. The van der Waals surface area contributed by atoms with E-state index in [-0.39, 0.29) is 5.75 Å². The number of halogens is 1. The number of ether oxygens (including phenoxy) is 1. The predicted octanol–water partition coefficient (Wildman–Crippen LogP) is -1.57. The molecule has 4 rings (SSSR count). The lowest BCUT2D eigenvalue weighted by Crippen LogP contribution is -3.34. The number of anilines is 1. The lowest BCUT2D eigenvalue weighted by atomic mass is 10.1. The fraction of sp³-hybridized carbons (Fsp3) is 0.316. The predicted molar refractivity (Wildman–Crippen MR) is 109 cm³/mol. The van der Waals surface area contributed by atoms with Crippen molar-refractivity contribution in [3.05, 3.63) is 45.8 Å². The van der Waals surface area contributed by atoms with Gasteiger partial charge in [0.15, 0.2) is 5.11 Å². The van der Waals surface area contributed by atoms with Crippen LogP contribution in [0.25, 0.3) is 0 Å². The number of phenols is 1. The van der Waals surface area contributed by atoms with Gasteiger partial charge in [-0.3, -0.25) is 5.43 Å². The van der Waals surface area contributed by atoms with Crippen molar-refractivity contribution in [1.29, 1.82) is 0 Å². The van der Waals surface area contributed by atoms with E-state index in [4.69, 9.17) is 17.0 Å². The van der Waals surface area contributed by atoms with Gasteiger partial charge >= 0.3 is 22.6 Å². The summed E-state index contributed by atoms with van der Waals surface area (Å²) in [5.74, 6) is 1.05. The van der Waals surface area contributed by atoms with Gasteiger partial charge in [-0.25, -0.2) is 0 Å². The fourth-order valence-electron chi connectivity index (χ4n) is 3.25. The molecule has 0 spiro atoms. The van der Waals surface area contributed by atoms with Gasteiger partial charge in [-0.15, -0.1) is 0 Å². The van der Waals surface area contributed by atoms with Crippen molar-refractivity contribution in [2.45, 2.75) is 6.42 Å². The minimum Gasteiger partial charge on any atom is -0.508 e. The molecule has 0 unspecified atom stereocenters.